The largest absolute Gasteiger partial charge is 0.506 e. The molecule has 32 heavy (non-hydrogen) atoms. The standard InChI is InChI=1S/C24H17N3O5/c28-22-11-10-17(27(31)32)13-21(22)25-14-20-18-9-5-4-6-15(18)12-19(23(20)29)24(30)26-16-7-2-1-3-8-16/h1-14,28-29H,(H,26,30). The molecule has 1 amide bonds. The SMILES string of the molecule is O=C(Nc1ccccc1)c1cc2ccccc2c(C=Nc2cc([N+](=O)[O-])ccc2O)c1O. The first-order valence-corrected chi connectivity index (χ1v) is 9.56. The lowest BCUT2D eigenvalue weighted by Crippen LogP contribution is -2.12. The minimum Gasteiger partial charge on any atom is -0.506 e. The maximum Gasteiger partial charge on any atom is 0.271 e. The van der Waals surface area contributed by atoms with Crippen LogP contribution in [0.15, 0.2) is 83.9 Å². The van der Waals surface area contributed by atoms with Gasteiger partial charge >= 0.3 is 0 Å². The number of fused-ring (bicyclic) bond motifs is 1. The molecule has 0 atom stereocenters. The van der Waals surface area contributed by atoms with E-state index in [9.17, 15) is 25.1 Å². The molecule has 0 radical (unpaired) electrons. The molecule has 0 fully saturated rings. The van der Waals surface area contributed by atoms with Gasteiger partial charge in [-0.1, -0.05) is 42.5 Å². The number of hydrogen-bond acceptors (Lipinski definition) is 6. The van der Waals surface area contributed by atoms with Crippen LogP contribution in [0.1, 0.15) is 15.9 Å². The van der Waals surface area contributed by atoms with Crippen LogP contribution in [0.5, 0.6) is 11.5 Å². The zero-order valence-corrected chi connectivity index (χ0v) is 16.6. The summed E-state index contributed by atoms with van der Waals surface area (Å²) < 4.78 is 0. The molecule has 0 aliphatic heterocycles. The number of nitrogens with zero attached hydrogens (tertiary/aromatic N) is 2. The Hall–Kier alpha value is -4.72. The van der Waals surface area contributed by atoms with E-state index in [0.717, 1.165) is 12.1 Å². The van der Waals surface area contributed by atoms with Gasteiger partial charge in [-0.15, -0.1) is 0 Å². The van der Waals surface area contributed by atoms with Gasteiger partial charge in [0.25, 0.3) is 11.6 Å². The molecule has 4 rings (SSSR count). The van der Waals surface area contributed by atoms with Crippen molar-refractivity contribution in [3.8, 4) is 11.5 Å². The fraction of sp³-hybridized carbons (Fsp3) is 0. The number of aromatic hydroxyl groups is 2. The Labute approximate surface area is 182 Å². The van der Waals surface area contributed by atoms with Crippen molar-refractivity contribution < 1.29 is 19.9 Å². The number of aliphatic imine (C=N–C) groups is 1. The van der Waals surface area contributed by atoms with Gasteiger partial charge < -0.3 is 15.5 Å². The summed E-state index contributed by atoms with van der Waals surface area (Å²) in [5, 5.41) is 36.0. The van der Waals surface area contributed by atoms with Crippen LogP contribution >= 0.6 is 0 Å². The molecule has 8 nitrogen and oxygen atoms in total. The van der Waals surface area contributed by atoms with Crippen molar-refractivity contribution in [3.63, 3.8) is 0 Å². The van der Waals surface area contributed by atoms with Gasteiger partial charge in [-0.2, -0.15) is 0 Å². The van der Waals surface area contributed by atoms with Gasteiger partial charge in [0.05, 0.1) is 10.5 Å². The average Bonchev–Trinajstić information content (AvgIpc) is 2.79. The molecular weight excluding hydrogens is 410 g/mol. The number of nitro groups is 1. The van der Waals surface area contributed by atoms with Gasteiger partial charge in [-0.25, -0.2) is 0 Å². The van der Waals surface area contributed by atoms with E-state index in [2.05, 4.69) is 10.3 Å². The number of carbonyl (C=O) groups is 1. The van der Waals surface area contributed by atoms with Gasteiger partial charge in [-0.3, -0.25) is 19.9 Å². The van der Waals surface area contributed by atoms with Crippen LogP contribution in [0.3, 0.4) is 0 Å². The number of non-ortho nitro benzene ring substituents is 1. The van der Waals surface area contributed by atoms with Crippen molar-refractivity contribution in [3.05, 3.63) is 100 Å². The first-order valence-electron chi connectivity index (χ1n) is 9.56. The number of amides is 1. The predicted octanol–water partition coefficient (Wildman–Crippen LogP) is 5.16. The highest BCUT2D eigenvalue weighted by atomic mass is 16.6. The third-order valence-corrected chi connectivity index (χ3v) is 4.84. The Bertz CT molecular complexity index is 1370. The molecule has 4 aromatic rings. The van der Waals surface area contributed by atoms with Crippen molar-refractivity contribution >= 4 is 40.0 Å². The minimum atomic E-state index is -0.597. The first kappa shape index (κ1) is 20.5. The van der Waals surface area contributed by atoms with Crippen LogP contribution in [0.2, 0.25) is 0 Å². The van der Waals surface area contributed by atoms with E-state index < -0.39 is 10.8 Å². The second kappa shape index (κ2) is 8.57. The molecule has 0 unspecified atom stereocenters. The van der Waals surface area contributed by atoms with E-state index in [0.29, 0.717) is 16.5 Å². The Kier molecular flexibility index (Phi) is 5.50. The summed E-state index contributed by atoms with van der Waals surface area (Å²) in [5.41, 5.74) is 0.577. The molecule has 0 aromatic heterocycles. The van der Waals surface area contributed by atoms with Crippen molar-refractivity contribution in [2.24, 2.45) is 4.99 Å². The number of hydrogen-bond donors (Lipinski definition) is 3. The van der Waals surface area contributed by atoms with Crippen LogP contribution < -0.4 is 5.32 Å². The van der Waals surface area contributed by atoms with Crippen molar-refractivity contribution in [2.75, 3.05) is 5.32 Å². The van der Waals surface area contributed by atoms with E-state index in [1.807, 2.05) is 6.07 Å². The van der Waals surface area contributed by atoms with E-state index in [1.54, 1.807) is 54.6 Å². The molecule has 3 N–H and O–H groups in total. The van der Waals surface area contributed by atoms with Crippen molar-refractivity contribution in [1.29, 1.82) is 0 Å². The van der Waals surface area contributed by atoms with Crippen LogP contribution in [0.25, 0.3) is 10.8 Å². The Balaban J connectivity index is 1.80. The molecule has 4 aromatic carbocycles. The maximum absolute atomic E-state index is 12.8. The summed E-state index contributed by atoms with van der Waals surface area (Å²) in [6.45, 7) is 0. The minimum absolute atomic E-state index is 0.0391. The lowest BCUT2D eigenvalue weighted by atomic mass is 9.99. The quantitative estimate of drug-likeness (QED) is 0.230. The van der Waals surface area contributed by atoms with E-state index in [-0.39, 0.29) is 34.0 Å². The average molecular weight is 427 g/mol. The normalized spacial score (nSPS) is 11.0. The van der Waals surface area contributed by atoms with Gasteiger partial charge in [-0.05, 0) is 35.0 Å². The predicted molar refractivity (Wildman–Crippen MR) is 122 cm³/mol. The van der Waals surface area contributed by atoms with Crippen LogP contribution in [0.4, 0.5) is 17.1 Å². The number of nitrogens with one attached hydrogen (secondary N) is 1. The molecule has 0 heterocycles. The van der Waals surface area contributed by atoms with Gasteiger partial charge in [0.2, 0.25) is 0 Å². The smallest absolute Gasteiger partial charge is 0.271 e. The zero-order chi connectivity index (χ0) is 22.7. The molecule has 0 aliphatic rings. The second-order valence-electron chi connectivity index (χ2n) is 6.92. The number of phenolic OH excluding ortho intramolecular Hbond substituents is 2. The van der Waals surface area contributed by atoms with Crippen LogP contribution in [-0.2, 0) is 0 Å². The van der Waals surface area contributed by atoms with Crippen LogP contribution in [0, 0.1) is 10.1 Å². The summed E-state index contributed by atoms with van der Waals surface area (Å²) in [7, 11) is 0. The summed E-state index contributed by atoms with van der Waals surface area (Å²) in [4.78, 5) is 27.4. The van der Waals surface area contributed by atoms with E-state index in [1.165, 1.54) is 12.3 Å². The zero-order valence-electron chi connectivity index (χ0n) is 16.6. The summed E-state index contributed by atoms with van der Waals surface area (Å²) in [6, 6.07) is 21.0. The highest BCUT2D eigenvalue weighted by Gasteiger charge is 2.18. The number of para-hydroxylation sites is 1. The summed E-state index contributed by atoms with van der Waals surface area (Å²) in [6.07, 6.45) is 1.27. The fourth-order valence-electron chi connectivity index (χ4n) is 3.25. The Morgan fingerprint density at radius 1 is 0.969 bits per heavy atom. The topological polar surface area (TPSA) is 125 Å². The lowest BCUT2D eigenvalue weighted by Gasteiger charge is -2.12. The molecule has 0 aliphatic carbocycles. The van der Waals surface area contributed by atoms with Crippen LogP contribution in [-0.4, -0.2) is 27.3 Å². The molecule has 158 valence electrons. The highest BCUT2D eigenvalue weighted by molar-refractivity contribution is 6.13. The third kappa shape index (κ3) is 4.10. The summed E-state index contributed by atoms with van der Waals surface area (Å²) in [5.74, 6) is -1.06. The van der Waals surface area contributed by atoms with Crippen molar-refractivity contribution in [1.82, 2.24) is 0 Å². The van der Waals surface area contributed by atoms with Gasteiger partial charge in [0.1, 0.15) is 17.2 Å². The van der Waals surface area contributed by atoms with Gasteiger partial charge in [0.15, 0.2) is 0 Å². The fourth-order valence-corrected chi connectivity index (χ4v) is 3.25. The number of nitro benzene ring substituents is 1. The molecular formula is C24H17N3O5. The van der Waals surface area contributed by atoms with E-state index in [4.69, 9.17) is 0 Å². The first-order chi connectivity index (χ1) is 15.4. The monoisotopic (exact) mass is 427 g/mol. The van der Waals surface area contributed by atoms with Gasteiger partial charge in [0, 0.05) is 29.6 Å². The number of anilines is 1. The number of carbonyl (C=O) groups excluding carboxylic acids is 1. The number of benzene rings is 4. The number of rotatable bonds is 5. The molecule has 0 spiro atoms. The molecule has 0 saturated carbocycles. The summed E-state index contributed by atoms with van der Waals surface area (Å²) >= 11 is 0. The lowest BCUT2D eigenvalue weighted by molar-refractivity contribution is -0.384. The van der Waals surface area contributed by atoms with E-state index >= 15 is 0 Å². The number of phenols is 2. The molecule has 8 heteroatoms. The Morgan fingerprint density at radius 3 is 2.44 bits per heavy atom. The van der Waals surface area contributed by atoms with Crippen molar-refractivity contribution in [2.45, 2.75) is 0 Å². The Morgan fingerprint density at radius 2 is 1.69 bits per heavy atom. The second-order valence-corrected chi connectivity index (χ2v) is 6.92. The molecule has 0 saturated heterocycles. The highest BCUT2D eigenvalue weighted by Crippen LogP contribution is 2.34. The maximum atomic E-state index is 12.8. The molecule has 0 bridgehead atoms. The third-order valence-electron chi connectivity index (χ3n) is 4.84.